The highest BCUT2D eigenvalue weighted by Crippen LogP contribution is 2.45. The highest BCUT2D eigenvalue weighted by atomic mass is 19.4. The molecule has 0 fully saturated rings. The van der Waals surface area contributed by atoms with Gasteiger partial charge in [0.05, 0.1) is 16.0 Å². The smallest absolute Gasteiger partial charge is 0.418 e. The maximum absolute atomic E-state index is 13.0. The molecule has 0 amide bonds. The maximum atomic E-state index is 13.0. The molecule has 1 N–H and O–H groups in total. The molecule has 1 aromatic carbocycles. The van der Waals surface area contributed by atoms with Crippen molar-refractivity contribution in [3.8, 4) is 5.88 Å². The van der Waals surface area contributed by atoms with Crippen LogP contribution in [0.2, 0.25) is 0 Å². The van der Waals surface area contributed by atoms with E-state index in [9.17, 15) is 33.3 Å². The van der Waals surface area contributed by atoms with Crippen molar-refractivity contribution in [1.29, 1.82) is 0 Å². The number of hydrogen-bond donors (Lipinski definition) is 1. The molecule has 1 aromatic heterocycles. The number of non-ortho nitro benzene ring substituents is 1. The van der Waals surface area contributed by atoms with Crippen LogP contribution in [0.4, 0.5) is 24.5 Å². The van der Waals surface area contributed by atoms with Gasteiger partial charge in [-0.2, -0.15) is 13.2 Å². The zero-order chi connectivity index (χ0) is 15.2. The molecule has 20 heavy (non-hydrogen) atoms. The number of alkyl halides is 3. The third-order valence-electron chi connectivity index (χ3n) is 2.82. The molecule has 2 rings (SSSR count). The van der Waals surface area contributed by atoms with Crippen LogP contribution >= 0.6 is 0 Å². The summed E-state index contributed by atoms with van der Waals surface area (Å²) in [4.78, 5) is 20.3. The average molecular weight is 289 g/mol. The minimum atomic E-state index is -4.89. The minimum absolute atomic E-state index is 0.344. The largest absolute Gasteiger partial charge is 0.493 e. The van der Waals surface area contributed by atoms with Crippen LogP contribution in [0.25, 0.3) is 10.9 Å². The van der Waals surface area contributed by atoms with Gasteiger partial charge in [0.25, 0.3) is 5.69 Å². The van der Waals surface area contributed by atoms with Crippen molar-refractivity contribution in [1.82, 2.24) is 4.57 Å². The summed E-state index contributed by atoms with van der Waals surface area (Å²) in [6.07, 6.45) is -4.89. The quantitative estimate of drug-likeness (QED) is 0.521. The van der Waals surface area contributed by atoms with Crippen LogP contribution in [0.5, 0.6) is 5.88 Å². The van der Waals surface area contributed by atoms with E-state index in [0.29, 0.717) is 10.6 Å². The van der Waals surface area contributed by atoms with Gasteiger partial charge < -0.3 is 9.67 Å². The number of benzene rings is 1. The van der Waals surface area contributed by atoms with Crippen molar-refractivity contribution in [3.63, 3.8) is 0 Å². The van der Waals surface area contributed by atoms with E-state index in [1.54, 1.807) is 0 Å². The van der Waals surface area contributed by atoms with Gasteiger partial charge in [0.1, 0.15) is 0 Å². The van der Waals surface area contributed by atoms with Crippen molar-refractivity contribution >= 4 is 22.3 Å². The summed E-state index contributed by atoms with van der Waals surface area (Å²) >= 11 is 0. The van der Waals surface area contributed by atoms with Gasteiger partial charge in [-0.3, -0.25) is 10.1 Å². The zero-order valence-electron chi connectivity index (χ0n) is 9.80. The molecule has 10 heteroatoms. The van der Waals surface area contributed by atoms with Crippen LogP contribution in [0.15, 0.2) is 17.3 Å². The van der Waals surface area contributed by atoms with Crippen molar-refractivity contribution in [2.75, 3.05) is 0 Å². The predicted octanol–water partition coefficient (Wildman–Crippen LogP) is 3.21. The molecule has 0 saturated carbocycles. The summed E-state index contributed by atoms with van der Waals surface area (Å²) in [5.41, 5.74) is -3.39. The predicted molar refractivity (Wildman–Crippen MR) is 61.7 cm³/mol. The van der Waals surface area contributed by atoms with Gasteiger partial charge >= 0.3 is 6.18 Å². The van der Waals surface area contributed by atoms with E-state index in [-0.39, 0.29) is 0 Å². The molecule has 0 bridgehead atoms. The Hall–Kier alpha value is -2.65. The molecule has 1 heterocycles. The first-order valence-corrected chi connectivity index (χ1v) is 5.08. The van der Waals surface area contributed by atoms with Crippen molar-refractivity contribution in [2.24, 2.45) is 12.2 Å². The lowest BCUT2D eigenvalue weighted by molar-refractivity contribution is -0.385. The molecule has 0 saturated heterocycles. The summed E-state index contributed by atoms with van der Waals surface area (Å²) in [7, 11) is 1.09. The minimum Gasteiger partial charge on any atom is -0.493 e. The monoisotopic (exact) mass is 289 g/mol. The molecule has 2 aromatic rings. The summed E-state index contributed by atoms with van der Waals surface area (Å²) in [6.45, 7) is 0. The Bertz CT molecular complexity index is 736. The number of rotatable bonds is 2. The van der Waals surface area contributed by atoms with E-state index in [2.05, 4.69) is 5.18 Å². The molecule has 0 unspecified atom stereocenters. The standard InChI is InChI=1S/C10H6F3N3O4/c1-15-8-5(7(14-18)9(15)17)2-4(16(19)20)3-6(8)10(11,12)13/h2-3,17H,1H3. The first-order chi connectivity index (χ1) is 9.18. The van der Waals surface area contributed by atoms with Gasteiger partial charge in [-0.15, -0.1) is 4.91 Å². The number of aromatic nitrogens is 1. The van der Waals surface area contributed by atoms with Gasteiger partial charge in [0, 0.05) is 24.6 Å². The molecule has 0 aliphatic heterocycles. The number of nitro groups is 1. The first-order valence-electron chi connectivity index (χ1n) is 5.08. The van der Waals surface area contributed by atoms with Gasteiger partial charge in [0.15, 0.2) is 5.69 Å². The van der Waals surface area contributed by atoms with Gasteiger partial charge in [-0.25, -0.2) is 0 Å². The first kappa shape index (κ1) is 13.8. The Morgan fingerprint density at radius 3 is 2.45 bits per heavy atom. The Labute approximate surface area is 108 Å². The molecule has 0 atom stereocenters. The molecule has 106 valence electrons. The molecule has 0 aliphatic carbocycles. The van der Waals surface area contributed by atoms with Crippen LogP contribution in [0, 0.1) is 15.0 Å². The lowest BCUT2D eigenvalue weighted by Gasteiger charge is -2.09. The van der Waals surface area contributed by atoms with Gasteiger partial charge in [-0.1, -0.05) is 0 Å². The third-order valence-corrected chi connectivity index (χ3v) is 2.82. The molecular formula is C10H6F3N3O4. The van der Waals surface area contributed by atoms with Crippen LogP contribution in [-0.2, 0) is 13.2 Å². The molecule has 0 spiro atoms. The summed E-state index contributed by atoms with van der Waals surface area (Å²) < 4.78 is 39.6. The highest BCUT2D eigenvalue weighted by Gasteiger charge is 2.37. The van der Waals surface area contributed by atoms with Gasteiger partial charge in [0.2, 0.25) is 5.88 Å². The van der Waals surface area contributed by atoms with Crippen LogP contribution in [-0.4, -0.2) is 14.6 Å². The number of nitro benzene ring substituents is 1. The number of fused-ring (bicyclic) bond motifs is 1. The van der Waals surface area contributed by atoms with E-state index >= 15 is 0 Å². The summed E-state index contributed by atoms with van der Waals surface area (Å²) in [6, 6.07) is 1.11. The second-order valence-corrected chi connectivity index (χ2v) is 3.97. The fourth-order valence-electron chi connectivity index (χ4n) is 1.96. The number of halogens is 3. The van der Waals surface area contributed by atoms with Crippen LogP contribution in [0.3, 0.4) is 0 Å². The van der Waals surface area contributed by atoms with Crippen LogP contribution in [0.1, 0.15) is 5.56 Å². The molecule has 7 nitrogen and oxygen atoms in total. The number of hydrogen-bond acceptors (Lipinski definition) is 5. The van der Waals surface area contributed by atoms with E-state index in [1.807, 2.05) is 0 Å². The zero-order valence-corrected chi connectivity index (χ0v) is 9.80. The fraction of sp³-hybridized carbons (Fsp3) is 0.200. The third kappa shape index (κ3) is 1.85. The van der Waals surface area contributed by atoms with Crippen molar-refractivity contribution < 1.29 is 23.2 Å². The molecule has 0 radical (unpaired) electrons. The SMILES string of the molecule is Cn1c(O)c(N=O)c2cc([N+](=O)[O-])cc(C(F)(F)F)c21. The number of nitrogens with zero attached hydrogens (tertiary/aromatic N) is 3. The Balaban J connectivity index is 3.04. The maximum Gasteiger partial charge on any atom is 0.418 e. The van der Waals surface area contributed by atoms with E-state index < -0.39 is 44.8 Å². The topological polar surface area (TPSA) is 97.7 Å². The second kappa shape index (κ2) is 4.18. The van der Waals surface area contributed by atoms with Crippen LogP contribution < -0.4 is 0 Å². The lowest BCUT2D eigenvalue weighted by Crippen LogP contribution is -2.08. The fourth-order valence-corrected chi connectivity index (χ4v) is 1.96. The Morgan fingerprint density at radius 2 is 2.00 bits per heavy atom. The van der Waals surface area contributed by atoms with E-state index in [0.717, 1.165) is 13.1 Å². The second-order valence-electron chi connectivity index (χ2n) is 3.97. The highest BCUT2D eigenvalue weighted by molar-refractivity contribution is 5.98. The van der Waals surface area contributed by atoms with Crippen molar-refractivity contribution in [3.05, 3.63) is 32.7 Å². The van der Waals surface area contributed by atoms with Crippen molar-refractivity contribution in [2.45, 2.75) is 6.18 Å². The van der Waals surface area contributed by atoms with E-state index in [4.69, 9.17) is 0 Å². The Morgan fingerprint density at radius 1 is 1.40 bits per heavy atom. The molecular weight excluding hydrogens is 283 g/mol. The average Bonchev–Trinajstić information content (AvgIpc) is 2.59. The summed E-state index contributed by atoms with van der Waals surface area (Å²) in [5, 5.41) is 22.3. The summed E-state index contributed by atoms with van der Waals surface area (Å²) in [5.74, 6) is -0.791. The van der Waals surface area contributed by atoms with Gasteiger partial charge in [-0.05, 0) is 5.18 Å². The normalized spacial score (nSPS) is 11.8. The lowest BCUT2D eigenvalue weighted by atomic mass is 10.1. The molecule has 0 aliphatic rings. The number of aromatic hydroxyl groups is 1. The number of nitroso groups, excluding NO2 is 1. The Kier molecular flexibility index (Phi) is 2.88. The number of aryl methyl sites for hydroxylation is 1. The van der Waals surface area contributed by atoms with E-state index in [1.165, 1.54) is 0 Å².